The van der Waals surface area contributed by atoms with Gasteiger partial charge in [-0.15, -0.1) is 0 Å². The molecule has 88 valence electrons. The van der Waals surface area contributed by atoms with Crippen LogP contribution in [0.3, 0.4) is 0 Å². The number of aliphatic carboxylic acids is 1. The van der Waals surface area contributed by atoms with Gasteiger partial charge in [0.15, 0.2) is 0 Å². The van der Waals surface area contributed by atoms with E-state index >= 15 is 0 Å². The van der Waals surface area contributed by atoms with Crippen LogP contribution >= 0.6 is 0 Å². The summed E-state index contributed by atoms with van der Waals surface area (Å²) in [7, 11) is 0. The van der Waals surface area contributed by atoms with Crippen LogP contribution in [0, 0.1) is 0 Å². The van der Waals surface area contributed by atoms with Crippen LogP contribution in [0.2, 0.25) is 0 Å². The van der Waals surface area contributed by atoms with Crippen LogP contribution in [0.4, 0.5) is 0 Å². The highest BCUT2D eigenvalue weighted by atomic mass is 16.4. The molecule has 0 saturated carbocycles. The minimum absolute atomic E-state index is 0.197. The standard InChI is InChI=1S/C9H19N3O3/c1-6(10)8(13)12-5-3-2-4-7(11)9(14)15/h6-7H,2-5,10-11H2,1H3,(H,12,13)(H,14,15)/t6-,7-/m0/s1. The van der Waals surface area contributed by atoms with Crippen molar-refractivity contribution in [1.82, 2.24) is 5.32 Å². The van der Waals surface area contributed by atoms with Crippen LogP contribution in [0.1, 0.15) is 26.2 Å². The number of nitrogens with two attached hydrogens (primary N) is 2. The van der Waals surface area contributed by atoms with Gasteiger partial charge in [-0.3, -0.25) is 9.59 Å². The number of carbonyl (C=O) groups excluding carboxylic acids is 1. The number of carboxylic acids is 1. The van der Waals surface area contributed by atoms with E-state index in [2.05, 4.69) is 5.32 Å². The summed E-state index contributed by atoms with van der Waals surface area (Å²) in [5.41, 5.74) is 10.6. The van der Waals surface area contributed by atoms with Gasteiger partial charge in [-0.25, -0.2) is 0 Å². The molecule has 0 aliphatic carbocycles. The van der Waals surface area contributed by atoms with Gasteiger partial charge in [-0.2, -0.15) is 0 Å². The van der Waals surface area contributed by atoms with Gasteiger partial charge in [0, 0.05) is 6.54 Å². The molecule has 6 N–H and O–H groups in total. The molecule has 0 heterocycles. The maximum Gasteiger partial charge on any atom is 0.320 e. The Morgan fingerprint density at radius 3 is 2.40 bits per heavy atom. The van der Waals surface area contributed by atoms with Crippen LogP contribution in [0.25, 0.3) is 0 Å². The van der Waals surface area contributed by atoms with Crippen molar-refractivity contribution >= 4 is 11.9 Å². The first kappa shape index (κ1) is 13.9. The largest absolute Gasteiger partial charge is 0.480 e. The average Bonchev–Trinajstić information content (AvgIpc) is 2.16. The van der Waals surface area contributed by atoms with E-state index in [1.165, 1.54) is 0 Å². The number of carboxylic acid groups (broad SMARTS) is 1. The van der Waals surface area contributed by atoms with E-state index in [9.17, 15) is 9.59 Å². The fraction of sp³-hybridized carbons (Fsp3) is 0.778. The molecule has 0 radical (unpaired) electrons. The van der Waals surface area contributed by atoms with Crippen LogP contribution < -0.4 is 16.8 Å². The first-order chi connectivity index (χ1) is 6.95. The molecule has 0 rings (SSSR count). The molecule has 0 aromatic carbocycles. The van der Waals surface area contributed by atoms with Crippen molar-refractivity contribution in [3.63, 3.8) is 0 Å². The summed E-state index contributed by atoms with van der Waals surface area (Å²) in [6, 6.07) is -1.32. The SMILES string of the molecule is C[C@H](N)C(=O)NCCCC[C@H](N)C(=O)O. The Kier molecular flexibility index (Phi) is 6.64. The van der Waals surface area contributed by atoms with Gasteiger partial charge in [0.05, 0.1) is 6.04 Å². The van der Waals surface area contributed by atoms with E-state index < -0.39 is 18.1 Å². The molecular weight excluding hydrogens is 198 g/mol. The van der Waals surface area contributed by atoms with Gasteiger partial charge < -0.3 is 21.9 Å². The van der Waals surface area contributed by atoms with Gasteiger partial charge in [0.2, 0.25) is 5.91 Å². The molecule has 0 spiro atoms. The Balaban J connectivity index is 3.40. The summed E-state index contributed by atoms with van der Waals surface area (Å²) < 4.78 is 0. The van der Waals surface area contributed by atoms with Crippen molar-refractivity contribution in [2.75, 3.05) is 6.54 Å². The molecule has 0 fully saturated rings. The van der Waals surface area contributed by atoms with Crippen molar-refractivity contribution in [3.8, 4) is 0 Å². The number of rotatable bonds is 7. The van der Waals surface area contributed by atoms with Crippen LogP contribution in [0.15, 0.2) is 0 Å². The van der Waals surface area contributed by atoms with E-state index in [-0.39, 0.29) is 5.91 Å². The molecule has 0 bridgehead atoms. The Hall–Kier alpha value is -1.14. The maximum absolute atomic E-state index is 11.0. The quantitative estimate of drug-likeness (QED) is 0.409. The van der Waals surface area contributed by atoms with E-state index in [1.807, 2.05) is 0 Å². The molecule has 1 amide bonds. The van der Waals surface area contributed by atoms with Crippen LogP contribution in [-0.4, -0.2) is 35.6 Å². The minimum atomic E-state index is -0.991. The number of nitrogens with one attached hydrogen (secondary N) is 1. The number of hydrogen-bond acceptors (Lipinski definition) is 4. The summed E-state index contributed by atoms with van der Waals surface area (Å²) in [6.07, 6.45) is 1.80. The van der Waals surface area contributed by atoms with Crippen molar-refractivity contribution in [2.45, 2.75) is 38.3 Å². The Bertz CT molecular complexity index is 219. The zero-order valence-corrected chi connectivity index (χ0v) is 8.90. The number of unbranched alkanes of at least 4 members (excludes halogenated alkanes) is 1. The molecule has 0 saturated heterocycles. The van der Waals surface area contributed by atoms with Crippen LogP contribution in [-0.2, 0) is 9.59 Å². The summed E-state index contributed by atoms with van der Waals surface area (Å²) in [5, 5.41) is 11.1. The highest BCUT2D eigenvalue weighted by Gasteiger charge is 2.10. The Labute approximate surface area is 89.0 Å². The lowest BCUT2D eigenvalue weighted by atomic mass is 10.1. The molecule has 0 aromatic heterocycles. The summed E-state index contributed by atoms with van der Waals surface area (Å²) in [4.78, 5) is 21.3. The molecule has 6 nitrogen and oxygen atoms in total. The third-order valence-corrected chi connectivity index (χ3v) is 1.97. The second-order valence-corrected chi connectivity index (χ2v) is 3.52. The van der Waals surface area contributed by atoms with E-state index in [4.69, 9.17) is 16.6 Å². The summed E-state index contributed by atoms with van der Waals surface area (Å²) >= 11 is 0. The zero-order chi connectivity index (χ0) is 11.8. The third-order valence-electron chi connectivity index (χ3n) is 1.97. The van der Waals surface area contributed by atoms with E-state index in [0.29, 0.717) is 25.8 Å². The summed E-state index contributed by atoms with van der Waals surface area (Å²) in [6.45, 7) is 2.11. The van der Waals surface area contributed by atoms with Gasteiger partial charge in [0.1, 0.15) is 6.04 Å². The topological polar surface area (TPSA) is 118 Å². The van der Waals surface area contributed by atoms with Gasteiger partial charge in [-0.1, -0.05) is 0 Å². The van der Waals surface area contributed by atoms with Gasteiger partial charge in [-0.05, 0) is 26.2 Å². The zero-order valence-electron chi connectivity index (χ0n) is 8.90. The van der Waals surface area contributed by atoms with E-state index in [1.54, 1.807) is 6.92 Å². The molecule has 2 atom stereocenters. The molecule has 6 heteroatoms. The fourth-order valence-electron chi connectivity index (χ4n) is 0.985. The van der Waals surface area contributed by atoms with Crippen molar-refractivity contribution < 1.29 is 14.7 Å². The molecule has 0 unspecified atom stereocenters. The highest BCUT2D eigenvalue weighted by Crippen LogP contribution is 1.98. The lowest BCUT2D eigenvalue weighted by Crippen LogP contribution is -2.38. The molecule has 0 aliphatic heterocycles. The molecule has 0 aliphatic rings. The number of carbonyl (C=O) groups is 2. The molecule has 15 heavy (non-hydrogen) atoms. The second kappa shape index (κ2) is 7.19. The highest BCUT2D eigenvalue weighted by molar-refractivity contribution is 5.80. The lowest BCUT2D eigenvalue weighted by molar-refractivity contribution is -0.138. The van der Waals surface area contributed by atoms with Gasteiger partial charge >= 0.3 is 5.97 Å². The predicted octanol–water partition coefficient (Wildman–Crippen LogP) is -0.968. The van der Waals surface area contributed by atoms with Gasteiger partial charge in [0.25, 0.3) is 0 Å². The van der Waals surface area contributed by atoms with Crippen LogP contribution in [0.5, 0.6) is 0 Å². The fourth-order valence-corrected chi connectivity index (χ4v) is 0.985. The Morgan fingerprint density at radius 2 is 1.93 bits per heavy atom. The van der Waals surface area contributed by atoms with E-state index in [0.717, 1.165) is 0 Å². The first-order valence-electron chi connectivity index (χ1n) is 4.97. The van der Waals surface area contributed by atoms with Crippen molar-refractivity contribution in [2.24, 2.45) is 11.5 Å². The molecule has 0 aromatic rings. The minimum Gasteiger partial charge on any atom is -0.480 e. The smallest absolute Gasteiger partial charge is 0.320 e. The average molecular weight is 217 g/mol. The predicted molar refractivity (Wildman–Crippen MR) is 56.1 cm³/mol. The molecular formula is C9H19N3O3. The monoisotopic (exact) mass is 217 g/mol. The lowest BCUT2D eigenvalue weighted by Gasteiger charge is -2.08. The first-order valence-corrected chi connectivity index (χ1v) is 4.97. The normalized spacial score (nSPS) is 14.3. The summed E-state index contributed by atoms with van der Waals surface area (Å²) in [5.74, 6) is -1.19. The Morgan fingerprint density at radius 1 is 1.33 bits per heavy atom. The third kappa shape index (κ3) is 6.87. The van der Waals surface area contributed by atoms with Crippen molar-refractivity contribution in [1.29, 1.82) is 0 Å². The second-order valence-electron chi connectivity index (χ2n) is 3.52. The number of amides is 1. The maximum atomic E-state index is 11.0. The number of hydrogen-bond donors (Lipinski definition) is 4. The van der Waals surface area contributed by atoms with Crippen molar-refractivity contribution in [3.05, 3.63) is 0 Å².